The molecule has 0 radical (unpaired) electrons. The Labute approximate surface area is 393 Å². The predicted octanol–water partition coefficient (Wildman–Crippen LogP) is 12.4. The van der Waals surface area contributed by atoms with Crippen LogP contribution in [-0.2, 0) is 23.2 Å². The lowest BCUT2D eigenvalue weighted by atomic mass is 9.82. The van der Waals surface area contributed by atoms with Gasteiger partial charge in [0.05, 0.1) is 27.7 Å². The van der Waals surface area contributed by atoms with Gasteiger partial charge in [-0.1, -0.05) is 179 Å². The number of ketones is 2. The Morgan fingerprint density at radius 3 is 1.12 bits per heavy atom. The lowest BCUT2D eigenvalue weighted by Crippen LogP contribution is -2.58. The van der Waals surface area contributed by atoms with Crippen LogP contribution >= 0.6 is 7.82 Å². The molecule has 0 saturated heterocycles. The van der Waals surface area contributed by atoms with E-state index in [9.17, 15) is 29.3 Å². The zero-order chi connectivity index (χ0) is 47.5. The lowest BCUT2D eigenvalue weighted by Gasteiger charge is -2.35. The zero-order valence-corrected chi connectivity index (χ0v) is 42.4. The molecule has 0 aromatic heterocycles. The van der Waals surface area contributed by atoms with Crippen LogP contribution in [0.1, 0.15) is 232 Å². The van der Waals surface area contributed by atoms with Gasteiger partial charge in [-0.15, -0.1) is 0 Å². The highest BCUT2D eigenvalue weighted by atomic mass is 31.2. The second-order valence-corrected chi connectivity index (χ2v) is 20.0. The van der Waals surface area contributed by atoms with Crippen molar-refractivity contribution >= 4 is 19.4 Å². The summed E-state index contributed by atoms with van der Waals surface area (Å²) < 4.78 is 24.3. The lowest BCUT2D eigenvalue weighted by molar-refractivity contribution is -0.870. The molecule has 64 heavy (non-hydrogen) atoms. The van der Waals surface area contributed by atoms with Crippen molar-refractivity contribution in [3.05, 3.63) is 0 Å². The minimum Gasteiger partial charge on any atom is -0.394 e. The highest BCUT2D eigenvalue weighted by Crippen LogP contribution is 2.49. The molecule has 0 spiro atoms. The summed E-state index contributed by atoms with van der Waals surface area (Å²) in [5.41, 5.74) is -2.71. The topological polar surface area (TPSA) is 130 Å². The first-order chi connectivity index (χ1) is 30.9. The monoisotopic (exact) mass is 915 g/mol. The van der Waals surface area contributed by atoms with Crippen molar-refractivity contribution in [1.82, 2.24) is 0 Å². The Morgan fingerprint density at radius 1 is 0.531 bits per heavy atom. The highest BCUT2D eigenvalue weighted by Gasteiger charge is 2.55. The molecule has 0 aromatic rings. The zero-order valence-electron chi connectivity index (χ0n) is 41.5. The average molecular weight is 915 g/mol. The van der Waals surface area contributed by atoms with Crippen molar-refractivity contribution < 1.29 is 42.8 Å². The molecule has 0 bridgehead atoms. The minimum atomic E-state index is -5.00. The molecule has 2 atom stereocenters. The molecule has 0 fully saturated rings. The fourth-order valence-electron chi connectivity index (χ4n) is 7.36. The van der Waals surface area contributed by atoms with E-state index in [1.807, 2.05) is 21.1 Å². The van der Waals surface area contributed by atoms with Crippen molar-refractivity contribution in [1.29, 1.82) is 0 Å². The summed E-state index contributed by atoms with van der Waals surface area (Å²) in [7, 11) is 0.648. The first-order valence-corrected chi connectivity index (χ1v) is 27.1. The third kappa shape index (κ3) is 35.8. The number of aliphatic hydroxyl groups excluding tert-OH is 2. The van der Waals surface area contributed by atoms with Gasteiger partial charge in [0, 0.05) is 38.5 Å². The minimum absolute atomic E-state index is 0.154. The van der Waals surface area contributed by atoms with Crippen molar-refractivity contribution in [2.24, 2.45) is 0 Å². The van der Waals surface area contributed by atoms with Crippen LogP contribution in [0.25, 0.3) is 0 Å². The molecule has 0 amide bonds. The third-order valence-corrected chi connectivity index (χ3v) is 12.5. The summed E-state index contributed by atoms with van der Waals surface area (Å²) >= 11 is 0. The SMILES string of the molecule is CCCCCCCCCCC#CC#CCCCCCCCCC(=O)C(OP(=O)(O)OCC[N+](C)(C)C)(C(=O)CCCCCCCCC#CC#CCCCCCCCCCC)[C@@H](O)CO. The van der Waals surface area contributed by atoms with E-state index in [2.05, 4.69) is 61.2 Å². The Bertz CT molecular complexity index is 1410. The first kappa shape index (κ1) is 61.6. The first-order valence-electron chi connectivity index (χ1n) is 25.6. The van der Waals surface area contributed by atoms with Crippen LogP contribution < -0.4 is 0 Å². The van der Waals surface area contributed by atoms with Crippen molar-refractivity contribution in [3.63, 3.8) is 0 Å². The van der Waals surface area contributed by atoms with Crippen LogP contribution in [-0.4, -0.2) is 83.8 Å². The largest absolute Gasteiger partial charge is 0.473 e. The Hall–Kier alpha value is -2.43. The van der Waals surface area contributed by atoms with Gasteiger partial charge in [0.25, 0.3) is 0 Å². The van der Waals surface area contributed by atoms with Crippen LogP contribution in [0.5, 0.6) is 0 Å². The van der Waals surface area contributed by atoms with E-state index in [1.165, 1.54) is 89.9 Å². The normalized spacial score (nSPS) is 12.7. The maximum atomic E-state index is 13.9. The summed E-state index contributed by atoms with van der Waals surface area (Å²) in [5, 5.41) is 21.1. The van der Waals surface area contributed by atoms with Gasteiger partial charge in [-0.2, -0.15) is 0 Å². The maximum Gasteiger partial charge on any atom is 0.473 e. The van der Waals surface area contributed by atoms with E-state index in [0.29, 0.717) is 36.7 Å². The number of hydrogen-bond donors (Lipinski definition) is 3. The van der Waals surface area contributed by atoms with Crippen molar-refractivity contribution in [3.8, 4) is 47.4 Å². The van der Waals surface area contributed by atoms with E-state index in [-0.39, 0.29) is 19.4 Å². The summed E-state index contributed by atoms with van der Waals surface area (Å²) in [6.45, 7) is 3.66. The number of phosphoric ester groups is 1. The van der Waals surface area contributed by atoms with Gasteiger partial charge < -0.3 is 19.6 Å². The Balaban J connectivity index is 4.88. The van der Waals surface area contributed by atoms with E-state index in [0.717, 1.165) is 89.9 Å². The molecule has 0 aliphatic heterocycles. The fourth-order valence-corrected chi connectivity index (χ4v) is 8.42. The number of nitrogens with zero attached hydrogens (tertiary/aromatic N) is 1. The molecule has 366 valence electrons. The molecule has 0 aliphatic rings. The van der Waals surface area contributed by atoms with Crippen LogP contribution in [0.2, 0.25) is 0 Å². The van der Waals surface area contributed by atoms with Gasteiger partial charge in [-0.3, -0.25) is 18.6 Å². The number of Topliss-reactive ketones (excluding diaryl/α,β-unsaturated/α-hetero) is 2. The molecule has 0 saturated carbocycles. The van der Waals surface area contributed by atoms with Gasteiger partial charge in [0.1, 0.15) is 19.3 Å². The number of rotatable bonds is 42. The van der Waals surface area contributed by atoms with E-state index < -0.39 is 37.7 Å². The van der Waals surface area contributed by atoms with E-state index in [4.69, 9.17) is 9.05 Å². The number of carbonyl (C=O) groups excluding carboxylic acids is 2. The number of likely N-dealkylation sites (N-methyl/N-ethyl adjacent to an activating group) is 1. The number of aliphatic hydroxyl groups is 2. The molecule has 0 heterocycles. The number of carbonyl (C=O) groups is 2. The van der Waals surface area contributed by atoms with Crippen LogP contribution in [0.15, 0.2) is 0 Å². The van der Waals surface area contributed by atoms with Crippen LogP contribution in [0, 0.1) is 47.4 Å². The van der Waals surface area contributed by atoms with E-state index >= 15 is 0 Å². The molecular formula is C54H93NO8P+. The second-order valence-electron chi connectivity index (χ2n) is 18.6. The second kappa shape index (κ2) is 42.0. The highest BCUT2D eigenvalue weighted by molar-refractivity contribution is 7.47. The number of phosphoric acid groups is 1. The van der Waals surface area contributed by atoms with Gasteiger partial charge in [-0.05, 0) is 62.2 Å². The third-order valence-electron chi connectivity index (χ3n) is 11.4. The van der Waals surface area contributed by atoms with Crippen LogP contribution in [0.4, 0.5) is 0 Å². The summed E-state index contributed by atoms with van der Waals surface area (Å²) in [6.07, 6.45) is 31.4. The number of unbranched alkanes of at least 4 members (excludes halogenated alkanes) is 28. The summed E-state index contributed by atoms with van der Waals surface area (Å²) in [4.78, 5) is 38.5. The molecule has 0 aromatic carbocycles. The standard InChI is InChI=1S/C54H92NO8P/c1-6-8-10-12-14-16-18-20-22-24-26-28-30-32-34-36-38-40-42-44-46-51(57)54(53(59)50-56,63-64(60,61)62-49-48-55(3,4)5)52(58)47-45-43-41-39-37-35-33-31-29-27-25-23-21-19-17-15-13-11-9-7-2/h53,56,59H,6-23,32-50H2,1-5H3/p+1/t53-/m0/s1. The molecule has 0 rings (SSSR count). The van der Waals surface area contributed by atoms with Crippen LogP contribution in [0.3, 0.4) is 0 Å². The smallest absolute Gasteiger partial charge is 0.394 e. The number of hydrogen-bond acceptors (Lipinski definition) is 7. The Morgan fingerprint density at radius 2 is 0.828 bits per heavy atom. The molecular weight excluding hydrogens is 822 g/mol. The van der Waals surface area contributed by atoms with Gasteiger partial charge in [0.2, 0.25) is 5.60 Å². The summed E-state index contributed by atoms with van der Waals surface area (Å²) in [6, 6.07) is 0. The van der Waals surface area contributed by atoms with Crippen molar-refractivity contribution in [2.75, 3.05) is 40.9 Å². The van der Waals surface area contributed by atoms with Gasteiger partial charge in [-0.25, -0.2) is 4.57 Å². The predicted molar refractivity (Wildman–Crippen MR) is 265 cm³/mol. The fraction of sp³-hybridized carbons (Fsp3) is 0.815. The molecule has 3 N–H and O–H groups in total. The summed E-state index contributed by atoms with van der Waals surface area (Å²) in [5.74, 6) is 22.9. The van der Waals surface area contributed by atoms with Gasteiger partial charge in [0.15, 0.2) is 11.6 Å². The van der Waals surface area contributed by atoms with E-state index in [1.54, 1.807) is 0 Å². The Kier molecular flexibility index (Phi) is 40.4. The molecule has 10 heteroatoms. The quantitative estimate of drug-likeness (QED) is 0.0181. The molecule has 0 aliphatic carbocycles. The average Bonchev–Trinajstić information content (AvgIpc) is 3.25. The molecule has 1 unspecified atom stereocenters. The van der Waals surface area contributed by atoms with Crippen molar-refractivity contribution in [2.45, 2.75) is 244 Å². The molecule has 9 nitrogen and oxygen atoms in total. The van der Waals surface area contributed by atoms with Gasteiger partial charge >= 0.3 is 7.82 Å². The maximum absolute atomic E-state index is 13.9. The number of quaternary nitrogens is 1.